The van der Waals surface area contributed by atoms with Gasteiger partial charge in [0.1, 0.15) is 6.04 Å². The summed E-state index contributed by atoms with van der Waals surface area (Å²) in [7, 11) is 0. The van der Waals surface area contributed by atoms with Crippen LogP contribution in [0.4, 0.5) is 13.2 Å². The standard InChI is InChI=1S/C9H14F3N3/c1-5-3-7(9(10,11)12)15-4-6(2)14-8(15)13-5/h5-7H,3-4H2,1-2H3,(H,13,14). The molecule has 2 heterocycles. The molecule has 2 aliphatic rings. The van der Waals surface area contributed by atoms with Crippen molar-refractivity contribution in [2.75, 3.05) is 6.54 Å². The number of guanidine groups is 1. The molecule has 0 aromatic rings. The van der Waals surface area contributed by atoms with Crippen LogP contribution in [-0.2, 0) is 0 Å². The molecule has 1 fully saturated rings. The number of hydrogen-bond acceptors (Lipinski definition) is 3. The van der Waals surface area contributed by atoms with E-state index >= 15 is 0 Å². The maximum absolute atomic E-state index is 12.8. The Bertz CT molecular complexity index is 287. The van der Waals surface area contributed by atoms with Crippen molar-refractivity contribution in [2.45, 2.75) is 44.6 Å². The van der Waals surface area contributed by atoms with Crippen molar-refractivity contribution in [3.05, 3.63) is 0 Å². The van der Waals surface area contributed by atoms with Crippen LogP contribution in [-0.4, -0.2) is 41.7 Å². The van der Waals surface area contributed by atoms with E-state index in [1.54, 1.807) is 6.92 Å². The number of aliphatic imine (C=N–C) groups is 1. The van der Waals surface area contributed by atoms with E-state index in [2.05, 4.69) is 10.3 Å². The van der Waals surface area contributed by atoms with Crippen LogP contribution >= 0.6 is 0 Å². The SMILES string of the molecule is CC1CC(C(F)(F)F)N2CC(C)NC2=N1. The minimum atomic E-state index is -4.17. The Kier molecular flexibility index (Phi) is 2.31. The summed E-state index contributed by atoms with van der Waals surface area (Å²) >= 11 is 0. The van der Waals surface area contributed by atoms with Gasteiger partial charge in [0.25, 0.3) is 0 Å². The molecule has 3 unspecified atom stereocenters. The fraction of sp³-hybridized carbons (Fsp3) is 0.889. The van der Waals surface area contributed by atoms with Gasteiger partial charge in [0.05, 0.1) is 6.04 Å². The molecule has 0 amide bonds. The van der Waals surface area contributed by atoms with Crippen molar-refractivity contribution in [2.24, 2.45) is 4.99 Å². The Balaban J connectivity index is 2.25. The van der Waals surface area contributed by atoms with Gasteiger partial charge in [0.2, 0.25) is 0 Å². The summed E-state index contributed by atoms with van der Waals surface area (Å²) in [6.45, 7) is 3.96. The van der Waals surface area contributed by atoms with E-state index < -0.39 is 12.2 Å². The molecule has 0 radical (unpaired) electrons. The van der Waals surface area contributed by atoms with Gasteiger partial charge >= 0.3 is 6.18 Å². The molecule has 6 heteroatoms. The molecule has 0 aromatic carbocycles. The molecule has 0 aromatic heterocycles. The zero-order chi connectivity index (χ0) is 11.2. The van der Waals surface area contributed by atoms with Crippen molar-refractivity contribution in [1.82, 2.24) is 10.2 Å². The lowest BCUT2D eigenvalue weighted by Crippen LogP contribution is -2.52. The Labute approximate surface area is 86.3 Å². The van der Waals surface area contributed by atoms with Crippen LogP contribution in [0.15, 0.2) is 4.99 Å². The summed E-state index contributed by atoms with van der Waals surface area (Å²) in [6.07, 6.45) is -4.11. The number of nitrogens with zero attached hydrogens (tertiary/aromatic N) is 2. The molecule has 3 atom stereocenters. The van der Waals surface area contributed by atoms with Crippen LogP contribution < -0.4 is 5.32 Å². The zero-order valence-corrected chi connectivity index (χ0v) is 8.67. The summed E-state index contributed by atoms with van der Waals surface area (Å²) in [6, 6.07) is -1.60. The van der Waals surface area contributed by atoms with E-state index in [0.29, 0.717) is 12.5 Å². The molecule has 15 heavy (non-hydrogen) atoms. The average molecular weight is 221 g/mol. The smallest absolute Gasteiger partial charge is 0.352 e. The lowest BCUT2D eigenvalue weighted by atomic mass is 10.1. The average Bonchev–Trinajstić information content (AvgIpc) is 2.41. The van der Waals surface area contributed by atoms with Crippen molar-refractivity contribution in [3.63, 3.8) is 0 Å². The predicted octanol–water partition coefficient (Wildman–Crippen LogP) is 1.36. The van der Waals surface area contributed by atoms with Gasteiger partial charge in [-0.25, -0.2) is 4.99 Å². The minimum absolute atomic E-state index is 0.0406. The second-order valence-electron chi connectivity index (χ2n) is 4.29. The van der Waals surface area contributed by atoms with Gasteiger partial charge in [-0.05, 0) is 20.3 Å². The van der Waals surface area contributed by atoms with E-state index in [-0.39, 0.29) is 18.5 Å². The first-order valence-electron chi connectivity index (χ1n) is 5.05. The van der Waals surface area contributed by atoms with Crippen LogP contribution in [0.25, 0.3) is 0 Å². The number of alkyl halides is 3. The van der Waals surface area contributed by atoms with Gasteiger partial charge in [0.15, 0.2) is 5.96 Å². The number of rotatable bonds is 0. The van der Waals surface area contributed by atoms with Gasteiger partial charge in [0, 0.05) is 12.6 Å². The fourth-order valence-corrected chi connectivity index (χ4v) is 2.14. The number of halogens is 3. The highest BCUT2D eigenvalue weighted by Crippen LogP contribution is 2.32. The fourth-order valence-electron chi connectivity index (χ4n) is 2.14. The monoisotopic (exact) mass is 221 g/mol. The van der Waals surface area contributed by atoms with Crippen LogP contribution in [0.5, 0.6) is 0 Å². The minimum Gasteiger partial charge on any atom is -0.352 e. The summed E-state index contributed by atoms with van der Waals surface area (Å²) in [5.74, 6) is 0.406. The highest BCUT2D eigenvalue weighted by Gasteiger charge is 2.49. The van der Waals surface area contributed by atoms with E-state index in [0.717, 1.165) is 0 Å². The molecule has 0 saturated carbocycles. The number of fused-ring (bicyclic) bond motifs is 1. The molecule has 1 saturated heterocycles. The highest BCUT2D eigenvalue weighted by molar-refractivity contribution is 5.83. The van der Waals surface area contributed by atoms with Gasteiger partial charge in [-0.15, -0.1) is 0 Å². The van der Waals surface area contributed by atoms with Crippen molar-refractivity contribution >= 4 is 5.96 Å². The molecule has 2 rings (SSSR count). The zero-order valence-electron chi connectivity index (χ0n) is 8.67. The maximum atomic E-state index is 12.8. The van der Waals surface area contributed by atoms with Gasteiger partial charge < -0.3 is 10.2 Å². The quantitative estimate of drug-likeness (QED) is 0.668. The number of hydrogen-bond donors (Lipinski definition) is 1. The van der Waals surface area contributed by atoms with Crippen molar-refractivity contribution in [3.8, 4) is 0 Å². The molecule has 0 aliphatic carbocycles. The molecule has 0 spiro atoms. The van der Waals surface area contributed by atoms with Crippen LogP contribution in [0.2, 0.25) is 0 Å². The molecule has 0 bridgehead atoms. The summed E-state index contributed by atoms with van der Waals surface area (Å²) in [4.78, 5) is 5.53. The van der Waals surface area contributed by atoms with E-state index in [1.807, 2.05) is 6.92 Å². The van der Waals surface area contributed by atoms with Gasteiger partial charge in [-0.3, -0.25) is 0 Å². The third kappa shape index (κ3) is 1.89. The largest absolute Gasteiger partial charge is 0.408 e. The van der Waals surface area contributed by atoms with E-state index in [4.69, 9.17) is 0 Å². The first kappa shape index (κ1) is 10.6. The normalized spacial score (nSPS) is 35.9. The molecule has 1 N–H and O–H groups in total. The van der Waals surface area contributed by atoms with Crippen molar-refractivity contribution in [1.29, 1.82) is 0 Å². The second kappa shape index (κ2) is 3.28. The molecule has 86 valence electrons. The second-order valence-corrected chi connectivity index (χ2v) is 4.29. The molecule has 2 aliphatic heterocycles. The van der Waals surface area contributed by atoms with Gasteiger partial charge in [-0.1, -0.05) is 0 Å². The van der Waals surface area contributed by atoms with Crippen LogP contribution in [0, 0.1) is 0 Å². The lowest BCUT2D eigenvalue weighted by Gasteiger charge is -2.35. The van der Waals surface area contributed by atoms with Crippen LogP contribution in [0.1, 0.15) is 20.3 Å². The van der Waals surface area contributed by atoms with E-state index in [1.165, 1.54) is 4.90 Å². The Hall–Kier alpha value is -0.940. The van der Waals surface area contributed by atoms with Crippen LogP contribution in [0.3, 0.4) is 0 Å². The topological polar surface area (TPSA) is 27.6 Å². The Morgan fingerprint density at radius 2 is 2.07 bits per heavy atom. The Morgan fingerprint density at radius 3 is 2.67 bits per heavy atom. The summed E-state index contributed by atoms with van der Waals surface area (Å²) in [5.41, 5.74) is 0. The summed E-state index contributed by atoms with van der Waals surface area (Å²) in [5, 5.41) is 2.96. The highest BCUT2D eigenvalue weighted by atomic mass is 19.4. The molecular weight excluding hydrogens is 207 g/mol. The third-order valence-electron chi connectivity index (χ3n) is 2.78. The predicted molar refractivity (Wildman–Crippen MR) is 50.7 cm³/mol. The lowest BCUT2D eigenvalue weighted by molar-refractivity contribution is -0.176. The molecular formula is C9H14F3N3. The first-order chi connectivity index (χ1) is 6.88. The maximum Gasteiger partial charge on any atom is 0.408 e. The number of nitrogens with one attached hydrogen (secondary N) is 1. The molecule has 3 nitrogen and oxygen atoms in total. The third-order valence-corrected chi connectivity index (χ3v) is 2.78. The van der Waals surface area contributed by atoms with Crippen molar-refractivity contribution < 1.29 is 13.2 Å². The van der Waals surface area contributed by atoms with E-state index in [9.17, 15) is 13.2 Å². The Morgan fingerprint density at radius 1 is 1.40 bits per heavy atom. The van der Waals surface area contributed by atoms with Gasteiger partial charge in [-0.2, -0.15) is 13.2 Å². The first-order valence-corrected chi connectivity index (χ1v) is 5.05. The summed E-state index contributed by atoms with van der Waals surface area (Å²) < 4.78 is 38.3.